The molecule has 0 saturated heterocycles. The molecule has 0 saturated carbocycles. The zero-order chi connectivity index (χ0) is 13.1. The summed E-state index contributed by atoms with van der Waals surface area (Å²) in [7, 11) is 0. The van der Waals surface area contributed by atoms with E-state index in [1.165, 1.54) is 11.6 Å². The van der Waals surface area contributed by atoms with Gasteiger partial charge in [-0.15, -0.1) is 0 Å². The van der Waals surface area contributed by atoms with Crippen molar-refractivity contribution in [2.24, 2.45) is 0 Å². The average Bonchev–Trinajstić information content (AvgIpc) is 2.72. The second-order valence-corrected chi connectivity index (χ2v) is 5.58. The number of carbonyl (C=O) groups is 1. The molecule has 0 bridgehead atoms. The zero-order valence-corrected chi connectivity index (χ0v) is 12.1. The summed E-state index contributed by atoms with van der Waals surface area (Å²) in [6, 6.07) is 4.82. The summed E-state index contributed by atoms with van der Waals surface area (Å²) in [5.74, 6) is -0.297. The molecular formula is C13H12BrNO2S. The molecule has 0 fully saturated rings. The van der Waals surface area contributed by atoms with Gasteiger partial charge in [-0.2, -0.15) is 11.3 Å². The average molecular weight is 326 g/mol. The van der Waals surface area contributed by atoms with Crippen molar-refractivity contribution in [3.63, 3.8) is 0 Å². The Balaban J connectivity index is 2.06. The lowest BCUT2D eigenvalue weighted by molar-refractivity contribution is 0.0948. The van der Waals surface area contributed by atoms with Gasteiger partial charge in [-0.25, -0.2) is 0 Å². The molecule has 0 unspecified atom stereocenters. The van der Waals surface area contributed by atoms with Crippen molar-refractivity contribution in [2.45, 2.75) is 13.5 Å². The molecular weight excluding hydrogens is 314 g/mol. The molecule has 0 spiro atoms. The molecule has 0 aliphatic heterocycles. The Bertz CT molecular complexity index is 580. The number of carbonyl (C=O) groups excluding carboxylic acids is 1. The second kappa shape index (κ2) is 5.54. The topological polar surface area (TPSA) is 49.3 Å². The molecule has 0 aliphatic carbocycles. The minimum Gasteiger partial charge on any atom is -0.507 e. The Kier molecular flexibility index (Phi) is 4.04. The highest BCUT2D eigenvalue weighted by Crippen LogP contribution is 2.22. The number of nitrogens with one attached hydrogen (secondary N) is 1. The summed E-state index contributed by atoms with van der Waals surface area (Å²) < 4.78 is 0.741. The molecule has 5 heteroatoms. The fraction of sp³-hybridized carbons (Fsp3) is 0.154. The van der Waals surface area contributed by atoms with Gasteiger partial charge in [0.2, 0.25) is 0 Å². The van der Waals surface area contributed by atoms with E-state index < -0.39 is 0 Å². The van der Waals surface area contributed by atoms with E-state index >= 15 is 0 Å². The van der Waals surface area contributed by atoms with Gasteiger partial charge >= 0.3 is 0 Å². The van der Waals surface area contributed by atoms with Gasteiger partial charge in [-0.1, -0.05) is 15.9 Å². The first-order valence-corrected chi connectivity index (χ1v) is 7.10. The van der Waals surface area contributed by atoms with Gasteiger partial charge < -0.3 is 10.4 Å². The minimum atomic E-state index is -0.273. The first kappa shape index (κ1) is 13.1. The summed E-state index contributed by atoms with van der Waals surface area (Å²) >= 11 is 4.85. The van der Waals surface area contributed by atoms with Crippen LogP contribution in [-0.2, 0) is 6.54 Å². The van der Waals surface area contributed by atoms with Crippen LogP contribution in [0.15, 0.2) is 33.4 Å². The molecule has 0 aliphatic rings. The van der Waals surface area contributed by atoms with Crippen LogP contribution in [0.25, 0.3) is 0 Å². The molecule has 2 aromatic rings. The van der Waals surface area contributed by atoms with Crippen LogP contribution in [0.3, 0.4) is 0 Å². The van der Waals surface area contributed by atoms with Crippen molar-refractivity contribution in [1.29, 1.82) is 0 Å². The predicted octanol–water partition coefficient (Wildman–Crippen LogP) is 3.45. The Morgan fingerprint density at radius 1 is 1.44 bits per heavy atom. The number of halogens is 1. The maximum absolute atomic E-state index is 11.9. The van der Waals surface area contributed by atoms with E-state index in [1.54, 1.807) is 23.5 Å². The Morgan fingerprint density at radius 3 is 2.83 bits per heavy atom. The molecule has 1 aromatic heterocycles. The van der Waals surface area contributed by atoms with Crippen LogP contribution in [-0.4, -0.2) is 11.0 Å². The molecule has 2 N–H and O–H groups in total. The second-order valence-electron chi connectivity index (χ2n) is 3.92. The quantitative estimate of drug-likeness (QED) is 0.908. The highest BCUT2D eigenvalue weighted by Gasteiger charge is 2.11. The van der Waals surface area contributed by atoms with Crippen molar-refractivity contribution in [3.8, 4) is 5.75 Å². The van der Waals surface area contributed by atoms with E-state index in [-0.39, 0.29) is 17.2 Å². The van der Waals surface area contributed by atoms with Crippen molar-refractivity contribution in [3.05, 3.63) is 50.1 Å². The van der Waals surface area contributed by atoms with Gasteiger partial charge in [0.1, 0.15) is 5.75 Å². The zero-order valence-electron chi connectivity index (χ0n) is 9.74. The lowest BCUT2D eigenvalue weighted by atomic mass is 10.1. The van der Waals surface area contributed by atoms with Gasteiger partial charge in [0, 0.05) is 11.0 Å². The lowest BCUT2D eigenvalue weighted by Gasteiger charge is -2.07. The van der Waals surface area contributed by atoms with Gasteiger partial charge in [0.05, 0.1) is 5.56 Å². The largest absolute Gasteiger partial charge is 0.507 e. The van der Waals surface area contributed by atoms with Crippen molar-refractivity contribution in [2.75, 3.05) is 0 Å². The summed E-state index contributed by atoms with van der Waals surface area (Å²) in [5.41, 5.74) is 2.55. The van der Waals surface area contributed by atoms with Crippen LogP contribution < -0.4 is 5.32 Å². The third-order valence-electron chi connectivity index (χ3n) is 2.61. The van der Waals surface area contributed by atoms with E-state index in [0.717, 1.165) is 10.0 Å². The number of benzene rings is 1. The van der Waals surface area contributed by atoms with E-state index in [1.807, 2.05) is 17.7 Å². The smallest absolute Gasteiger partial charge is 0.255 e. The number of phenolic OH excluding ortho intramolecular Hbond substituents is 1. The minimum absolute atomic E-state index is 0.0242. The van der Waals surface area contributed by atoms with Crippen LogP contribution in [0, 0.1) is 6.92 Å². The fourth-order valence-corrected chi connectivity index (χ4v) is 2.74. The summed E-state index contributed by atoms with van der Waals surface area (Å²) in [4.78, 5) is 11.9. The lowest BCUT2D eigenvalue weighted by Crippen LogP contribution is -2.22. The molecule has 18 heavy (non-hydrogen) atoms. The number of thiophene rings is 1. The first-order chi connectivity index (χ1) is 8.58. The summed E-state index contributed by atoms with van der Waals surface area (Å²) in [6.07, 6.45) is 0. The maximum Gasteiger partial charge on any atom is 0.255 e. The van der Waals surface area contributed by atoms with Gasteiger partial charge in [-0.3, -0.25) is 4.79 Å². The Morgan fingerprint density at radius 2 is 2.22 bits per heavy atom. The van der Waals surface area contributed by atoms with Crippen LogP contribution in [0.4, 0.5) is 0 Å². The molecule has 1 amide bonds. The standard InChI is InChI=1S/C13H12BrNO2S/c1-8-6-18-7-9(8)5-15-13(17)11-3-2-10(14)4-12(11)16/h2-4,6-7,16H,5H2,1H3,(H,15,17). The van der Waals surface area contributed by atoms with E-state index in [2.05, 4.69) is 21.2 Å². The summed E-state index contributed by atoms with van der Waals surface area (Å²) in [5, 5.41) is 16.5. The number of aryl methyl sites for hydroxylation is 1. The molecule has 0 radical (unpaired) electrons. The van der Waals surface area contributed by atoms with Crippen LogP contribution in [0.1, 0.15) is 21.5 Å². The monoisotopic (exact) mass is 325 g/mol. The van der Waals surface area contributed by atoms with Crippen molar-refractivity contribution >= 4 is 33.2 Å². The van der Waals surface area contributed by atoms with E-state index in [0.29, 0.717) is 6.54 Å². The summed E-state index contributed by atoms with van der Waals surface area (Å²) in [6.45, 7) is 2.48. The van der Waals surface area contributed by atoms with Crippen LogP contribution in [0.2, 0.25) is 0 Å². The molecule has 2 rings (SSSR count). The van der Waals surface area contributed by atoms with Gasteiger partial charge in [0.15, 0.2) is 0 Å². The molecule has 3 nitrogen and oxygen atoms in total. The molecule has 1 aromatic carbocycles. The van der Waals surface area contributed by atoms with Crippen LogP contribution in [0.5, 0.6) is 5.75 Å². The molecule has 94 valence electrons. The fourth-order valence-electron chi connectivity index (χ4n) is 1.54. The Labute approximate surface area is 118 Å². The SMILES string of the molecule is Cc1cscc1CNC(=O)c1ccc(Br)cc1O. The third-order valence-corrected chi connectivity index (χ3v) is 4.01. The number of amides is 1. The molecule has 0 atom stereocenters. The van der Waals surface area contributed by atoms with E-state index in [4.69, 9.17) is 0 Å². The number of rotatable bonds is 3. The number of phenols is 1. The highest BCUT2D eigenvalue weighted by atomic mass is 79.9. The van der Waals surface area contributed by atoms with Crippen LogP contribution >= 0.6 is 27.3 Å². The predicted molar refractivity (Wildman–Crippen MR) is 76.0 cm³/mol. The van der Waals surface area contributed by atoms with E-state index in [9.17, 15) is 9.90 Å². The first-order valence-electron chi connectivity index (χ1n) is 5.36. The van der Waals surface area contributed by atoms with Crippen molar-refractivity contribution in [1.82, 2.24) is 5.32 Å². The number of hydrogen-bond donors (Lipinski definition) is 2. The van der Waals surface area contributed by atoms with Crippen molar-refractivity contribution < 1.29 is 9.90 Å². The normalized spacial score (nSPS) is 10.3. The highest BCUT2D eigenvalue weighted by molar-refractivity contribution is 9.10. The number of aromatic hydroxyl groups is 1. The number of hydrogen-bond acceptors (Lipinski definition) is 3. The van der Waals surface area contributed by atoms with Gasteiger partial charge in [-0.05, 0) is 47.0 Å². The molecule has 1 heterocycles. The van der Waals surface area contributed by atoms with Gasteiger partial charge in [0.25, 0.3) is 5.91 Å². The third kappa shape index (κ3) is 2.91. The Hall–Kier alpha value is -1.33. The maximum atomic E-state index is 11.9.